The van der Waals surface area contributed by atoms with Gasteiger partial charge in [0.2, 0.25) is 11.7 Å². The molecule has 0 aliphatic rings. The third-order valence-corrected chi connectivity index (χ3v) is 2.75. The molecule has 1 amide bonds. The maximum absolute atomic E-state index is 11.8. The number of nitrogens with zero attached hydrogens (tertiary/aromatic N) is 6. The molecule has 2 heterocycles. The molecular formula is C13H13N7O. The van der Waals surface area contributed by atoms with Crippen molar-refractivity contribution < 1.29 is 4.79 Å². The molecule has 106 valence electrons. The first kappa shape index (κ1) is 13.0. The fraction of sp³-hybridized carbons (Fsp3) is 0.154. The standard InChI is InChI=1S/C13H13N7O/c1-19-8-7-11(16-19)14-12(21)9-20-17-13(15-18-20)10-5-3-2-4-6-10/h2-8H,9H2,1H3,(H,14,16,21). The second kappa shape index (κ2) is 5.53. The molecule has 0 aliphatic carbocycles. The SMILES string of the molecule is Cn1ccc(NC(=O)Cn2nnc(-c3ccccc3)n2)n1. The summed E-state index contributed by atoms with van der Waals surface area (Å²) >= 11 is 0. The summed E-state index contributed by atoms with van der Waals surface area (Å²) in [6.07, 6.45) is 1.75. The zero-order chi connectivity index (χ0) is 14.7. The van der Waals surface area contributed by atoms with Crippen LogP contribution in [0.3, 0.4) is 0 Å². The van der Waals surface area contributed by atoms with Crippen molar-refractivity contribution in [1.82, 2.24) is 30.0 Å². The van der Waals surface area contributed by atoms with E-state index in [4.69, 9.17) is 0 Å². The predicted octanol–water partition coefficient (Wildman–Crippen LogP) is 0.712. The Bertz CT molecular complexity index is 747. The van der Waals surface area contributed by atoms with Crippen LogP contribution in [0.1, 0.15) is 0 Å². The molecule has 0 radical (unpaired) electrons. The summed E-state index contributed by atoms with van der Waals surface area (Å²) in [7, 11) is 1.78. The minimum absolute atomic E-state index is 0.0175. The number of carbonyl (C=O) groups excluding carboxylic acids is 1. The summed E-state index contributed by atoms with van der Waals surface area (Å²) in [5, 5.41) is 18.7. The van der Waals surface area contributed by atoms with E-state index < -0.39 is 0 Å². The van der Waals surface area contributed by atoms with Crippen molar-refractivity contribution >= 4 is 11.7 Å². The summed E-state index contributed by atoms with van der Waals surface area (Å²) in [4.78, 5) is 13.1. The predicted molar refractivity (Wildman–Crippen MR) is 75.1 cm³/mol. The Labute approximate surface area is 120 Å². The summed E-state index contributed by atoms with van der Waals surface area (Å²) in [5.41, 5.74) is 0.855. The monoisotopic (exact) mass is 283 g/mol. The zero-order valence-corrected chi connectivity index (χ0v) is 11.3. The van der Waals surface area contributed by atoms with Crippen molar-refractivity contribution in [3.63, 3.8) is 0 Å². The van der Waals surface area contributed by atoms with E-state index in [0.29, 0.717) is 11.6 Å². The van der Waals surface area contributed by atoms with Gasteiger partial charge < -0.3 is 5.32 Å². The number of hydrogen-bond donors (Lipinski definition) is 1. The van der Waals surface area contributed by atoms with Crippen LogP contribution in [0.5, 0.6) is 0 Å². The van der Waals surface area contributed by atoms with Crippen molar-refractivity contribution in [1.29, 1.82) is 0 Å². The van der Waals surface area contributed by atoms with Crippen LogP contribution in [0.4, 0.5) is 5.82 Å². The first-order chi connectivity index (χ1) is 10.2. The fourth-order valence-electron chi connectivity index (χ4n) is 1.81. The lowest BCUT2D eigenvalue weighted by Crippen LogP contribution is -2.20. The van der Waals surface area contributed by atoms with E-state index in [1.54, 1.807) is 24.0 Å². The quantitative estimate of drug-likeness (QED) is 0.761. The lowest BCUT2D eigenvalue weighted by molar-refractivity contribution is -0.117. The topological polar surface area (TPSA) is 90.5 Å². The number of anilines is 1. The molecule has 3 aromatic rings. The van der Waals surface area contributed by atoms with Crippen LogP contribution in [0.15, 0.2) is 42.6 Å². The number of amides is 1. The van der Waals surface area contributed by atoms with Gasteiger partial charge >= 0.3 is 0 Å². The van der Waals surface area contributed by atoms with Crippen molar-refractivity contribution in [2.75, 3.05) is 5.32 Å². The Morgan fingerprint density at radius 2 is 2.00 bits per heavy atom. The van der Waals surface area contributed by atoms with Gasteiger partial charge in [0, 0.05) is 24.9 Å². The highest BCUT2D eigenvalue weighted by Gasteiger charge is 2.10. The molecule has 8 heteroatoms. The van der Waals surface area contributed by atoms with Gasteiger partial charge in [0.15, 0.2) is 5.82 Å². The summed E-state index contributed by atoms with van der Waals surface area (Å²) in [6, 6.07) is 11.2. The lowest BCUT2D eigenvalue weighted by atomic mass is 10.2. The van der Waals surface area contributed by atoms with Gasteiger partial charge in [0.05, 0.1) is 0 Å². The van der Waals surface area contributed by atoms with E-state index in [1.807, 2.05) is 30.3 Å². The van der Waals surface area contributed by atoms with Gasteiger partial charge in [-0.3, -0.25) is 9.48 Å². The minimum atomic E-state index is -0.259. The van der Waals surface area contributed by atoms with Gasteiger partial charge in [-0.1, -0.05) is 30.3 Å². The van der Waals surface area contributed by atoms with E-state index in [9.17, 15) is 4.79 Å². The third kappa shape index (κ3) is 3.11. The lowest BCUT2D eigenvalue weighted by Gasteiger charge is -2.00. The Balaban J connectivity index is 1.66. The maximum atomic E-state index is 11.8. The molecule has 1 N–H and O–H groups in total. The second-order valence-electron chi connectivity index (χ2n) is 4.43. The number of rotatable bonds is 4. The average Bonchev–Trinajstić information content (AvgIpc) is 3.09. The van der Waals surface area contributed by atoms with Gasteiger partial charge in [0.25, 0.3) is 0 Å². The average molecular weight is 283 g/mol. The number of aromatic nitrogens is 6. The van der Waals surface area contributed by atoms with E-state index in [2.05, 4.69) is 25.8 Å². The maximum Gasteiger partial charge on any atom is 0.249 e. The molecule has 0 spiro atoms. The van der Waals surface area contributed by atoms with Crippen molar-refractivity contribution in [3.05, 3.63) is 42.6 Å². The number of hydrogen-bond acceptors (Lipinski definition) is 5. The number of benzene rings is 1. The second-order valence-corrected chi connectivity index (χ2v) is 4.43. The van der Waals surface area contributed by atoms with Crippen molar-refractivity contribution in [2.45, 2.75) is 6.54 Å². The van der Waals surface area contributed by atoms with Crippen molar-refractivity contribution in [2.24, 2.45) is 7.05 Å². The van der Waals surface area contributed by atoms with Crippen molar-refractivity contribution in [3.8, 4) is 11.4 Å². The van der Waals surface area contributed by atoms with E-state index in [-0.39, 0.29) is 12.5 Å². The summed E-state index contributed by atoms with van der Waals surface area (Å²) in [6.45, 7) is -0.0175. The van der Waals surface area contributed by atoms with Crippen LogP contribution in [0, 0.1) is 0 Å². The molecule has 0 saturated carbocycles. The van der Waals surface area contributed by atoms with Gasteiger partial charge in [-0.05, 0) is 5.21 Å². The molecule has 21 heavy (non-hydrogen) atoms. The Morgan fingerprint density at radius 1 is 1.19 bits per heavy atom. The smallest absolute Gasteiger partial charge is 0.249 e. The Hall–Kier alpha value is -3.03. The molecule has 0 fully saturated rings. The van der Waals surface area contributed by atoms with E-state index in [0.717, 1.165) is 5.56 Å². The molecular weight excluding hydrogens is 270 g/mol. The van der Waals surface area contributed by atoms with Gasteiger partial charge in [-0.25, -0.2) is 0 Å². The number of tetrazole rings is 1. The van der Waals surface area contributed by atoms with Crippen LogP contribution < -0.4 is 5.32 Å². The molecule has 0 aliphatic heterocycles. The Kier molecular flexibility index (Phi) is 3.42. The molecule has 3 rings (SSSR count). The first-order valence-electron chi connectivity index (χ1n) is 6.33. The van der Waals surface area contributed by atoms with E-state index in [1.165, 1.54) is 4.80 Å². The summed E-state index contributed by atoms with van der Waals surface area (Å²) < 4.78 is 1.61. The molecule has 8 nitrogen and oxygen atoms in total. The van der Waals surface area contributed by atoms with Gasteiger partial charge in [-0.2, -0.15) is 9.90 Å². The molecule has 2 aromatic heterocycles. The highest BCUT2D eigenvalue weighted by molar-refractivity contribution is 5.89. The Morgan fingerprint density at radius 3 is 2.71 bits per heavy atom. The largest absolute Gasteiger partial charge is 0.308 e. The van der Waals surface area contributed by atoms with Gasteiger partial charge in [-0.15, -0.1) is 10.2 Å². The highest BCUT2D eigenvalue weighted by atomic mass is 16.2. The zero-order valence-electron chi connectivity index (χ0n) is 11.3. The number of aryl methyl sites for hydroxylation is 1. The van der Waals surface area contributed by atoms with Crippen LogP contribution >= 0.6 is 0 Å². The highest BCUT2D eigenvalue weighted by Crippen LogP contribution is 2.11. The normalized spacial score (nSPS) is 10.5. The molecule has 0 atom stereocenters. The van der Waals surface area contributed by atoms with Crippen LogP contribution in [-0.2, 0) is 18.4 Å². The van der Waals surface area contributed by atoms with Crippen LogP contribution in [-0.4, -0.2) is 35.9 Å². The van der Waals surface area contributed by atoms with Crippen LogP contribution in [0.25, 0.3) is 11.4 Å². The van der Waals surface area contributed by atoms with Gasteiger partial charge in [0.1, 0.15) is 6.54 Å². The summed E-state index contributed by atoms with van der Waals surface area (Å²) in [5.74, 6) is 0.720. The fourth-order valence-corrected chi connectivity index (χ4v) is 1.81. The first-order valence-corrected chi connectivity index (χ1v) is 6.33. The molecule has 0 unspecified atom stereocenters. The number of nitrogens with one attached hydrogen (secondary N) is 1. The molecule has 0 bridgehead atoms. The molecule has 0 saturated heterocycles. The minimum Gasteiger partial charge on any atom is -0.308 e. The third-order valence-electron chi connectivity index (χ3n) is 2.75. The van der Waals surface area contributed by atoms with E-state index >= 15 is 0 Å². The molecule has 1 aromatic carbocycles. The number of carbonyl (C=O) groups is 1. The van der Waals surface area contributed by atoms with Crippen LogP contribution in [0.2, 0.25) is 0 Å².